The van der Waals surface area contributed by atoms with Gasteiger partial charge in [-0.25, -0.2) is 5.01 Å². The molecule has 2 saturated heterocycles. The van der Waals surface area contributed by atoms with Crippen LogP contribution >= 0.6 is 0 Å². The number of primary amides is 1. The Hall–Kier alpha value is -3.88. The highest BCUT2D eigenvalue weighted by molar-refractivity contribution is 6.41. The van der Waals surface area contributed by atoms with Crippen LogP contribution in [0.1, 0.15) is 32.6 Å². The van der Waals surface area contributed by atoms with Gasteiger partial charge in [0.1, 0.15) is 17.0 Å². The van der Waals surface area contributed by atoms with E-state index in [2.05, 4.69) is 5.10 Å². The van der Waals surface area contributed by atoms with Gasteiger partial charge in [0, 0.05) is 36.8 Å². The smallest absolute Gasteiger partial charge is 0.265 e. The van der Waals surface area contributed by atoms with Crippen molar-refractivity contribution in [3.8, 4) is 5.75 Å². The molecule has 5 rings (SSSR count). The second-order valence-electron chi connectivity index (χ2n) is 9.32. The first-order valence-corrected chi connectivity index (χ1v) is 11.9. The molecule has 2 N–H and O–H groups in total. The summed E-state index contributed by atoms with van der Waals surface area (Å²) in [4.78, 5) is 42.1. The number of piperidine rings is 2. The number of rotatable bonds is 5. The SMILES string of the molecule is COc1ccc(N2N=C(C(N)=O)C3CCN(c4ccc(N5CCCCC5=O)cc4)C(=O)C32C)cc1. The maximum atomic E-state index is 14.0. The van der Waals surface area contributed by atoms with E-state index in [1.165, 1.54) is 0 Å². The summed E-state index contributed by atoms with van der Waals surface area (Å²) in [6.07, 6.45) is 3.02. The second kappa shape index (κ2) is 8.72. The summed E-state index contributed by atoms with van der Waals surface area (Å²) >= 11 is 0. The molecule has 3 amide bonds. The summed E-state index contributed by atoms with van der Waals surface area (Å²) in [5.74, 6) is -0.389. The molecule has 9 nitrogen and oxygen atoms in total. The number of carbonyl (C=O) groups is 3. The molecule has 3 heterocycles. The predicted molar refractivity (Wildman–Crippen MR) is 134 cm³/mol. The maximum absolute atomic E-state index is 14.0. The lowest BCUT2D eigenvalue weighted by Gasteiger charge is -2.45. The molecular formula is C26H29N5O4. The highest BCUT2D eigenvalue weighted by Crippen LogP contribution is 2.44. The Morgan fingerprint density at radius 1 is 0.971 bits per heavy atom. The number of hydrogen-bond acceptors (Lipinski definition) is 6. The van der Waals surface area contributed by atoms with Crippen molar-refractivity contribution in [1.29, 1.82) is 0 Å². The van der Waals surface area contributed by atoms with Crippen LogP contribution in [0, 0.1) is 5.92 Å². The highest BCUT2D eigenvalue weighted by atomic mass is 16.5. The largest absolute Gasteiger partial charge is 0.497 e. The van der Waals surface area contributed by atoms with Crippen LogP contribution in [-0.4, -0.2) is 49.2 Å². The fourth-order valence-electron chi connectivity index (χ4n) is 5.39. The molecule has 3 aliphatic heterocycles. The minimum atomic E-state index is -1.11. The lowest BCUT2D eigenvalue weighted by atomic mass is 9.76. The van der Waals surface area contributed by atoms with Gasteiger partial charge in [-0.3, -0.25) is 14.4 Å². The summed E-state index contributed by atoms with van der Waals surface area (Å²) < 4.78 is 5.25. The molecule has 2 aromatic rings. The van der Waals surface area contributed by atoms with Crippen LogP contribution in [0.15, 0.2) is 53.6 Å². The highest BCUT2D eigenvalue weighted by Gasteiger charge is 2.58. The van der Waals surface area contributed by atoms with Crippen LogP contribution < -0.4 is 25.3 Å². The molecule has 2 atom stereocenters. The number of hydrazone groups is 1. The Morgan fingerprint density at radius 2 is 1.60 bits per heavy atom. The van der Waals surface area contributed by atoms with Crippen molar-refractivity contribution in [3.63, 3.8) is 0 Å². The minimum absolute atomic E-state index is 0.130. The Bertz CT molecular complexity index is 1190. The number of anilines is 3. The van der Waals surface area contributed by atoms with E-state index in [1.807, 2.05) is 43.3 Å². The molecule has 182 valence electrons. The average molecular weight is 476 g/mol. The summed E-state index contributed by atoms with van der Waals surface area (Å²) in [5, 5.41) is 6.15. The zero-order valence-electron chi connectivity index (χ0n) is 19.9. The molecule has 9 heteroatoms. The van der Waals surface area contributed by atoms with Crippen molar-refractivity contribution < 1.29 is 19.1 Å². The quantitative estimate of drug-likeness (QED) is 0.715. The van der Waals surface area contributed by atoms with Gasteiger partial charge in [-0.05, 0) is 74.7 Å². The van der Waals surface area contributed by atoms with Gasteiger partial charge in [-0.2, -0.15) is 5.10 Å². The molecule has 0 saturated carbocycles. The molecule has 0 spiro atoms. The summed E-state index contributed by atoms with van der Waals surface area (Å²) in [6.45, 7) is 2.96. The third-order valence-electron chi connectivity index (χ3n) is 7.34. The number of nitrogens with two attached hydrogens (primary N) is 1. The second-order valence-corrected chi connectivity index (χ2v) is 9.32. The van der Waals surface area contributed by atoms with E-state index in [0.29, 0.717) is 37.4 Å². The van der Waals surface area contributed by atoms with Gasteiger partial charge >= 0.3 is 0 Å². The number of benzene rings is 2. The lowest BCUT2D eigenvalue weighted by molar-refractivity contribution is -0.125. The molecule has 0 aromatic heterocycles. The Balaban J connectivity index is 1.46. The van der Waals surface area contributed by atoms with E-state index in [0.717, 1.165) is 24.2 Å². The normalized spacial score (nSPS) is 24.3. The number of methoxy groups -OCH3 is 1. The van der Waals surface area contributed by atoms with Gasteiger partial charge in [0.05, 0.1) is 12.8 Å². The molecule has 2 aromatic carbocycles. The van der Waals surface area contributed by atoms with Crippen molar-refractivity contribution in [1.82, 2.24) is 0 Å². The van der Waals surface area contributed by atoms with E-state index in [4.69, 9.17) is 10.5 Å². The van der Waals surface area contributed by atoms with Crippen LogP contribution in [0.3, 0.4) is 0 Å². The van der Waals surface area contributed by atoms with Crippen molar-refractivity contribution in [3.05, 3.63) is 48.5 Å². The van der Waals surface area contributed by atoms with Crippen molar-refractivity contribution >= 4 is 40.5 Å². The first kappa shape index (κ1) is 22.9. The van der Waals surface area contributed by atoms with Crippen LogP contribution in [0.5, 0.6) is 5.75 Å². The molecule has 35 heavy (non-hydrogen) atoms. The van der Waals surface area contributed by atoms with E-state index in [9.17, 15) is 14.4 Å². The third kappa shape index (κ3) is 3.71. The van der Waals surface area contributed by atoms with Gasteiger partial charge < -0.3 is 20.3 Å². The van der Waals surface area contributed by atoms with Crippen LogP contribution in [0.2, 0.25) is 0 Å². The number of nitrogens with zero attached hydrogens (tertiary/aromatic N) is 4. The summed E-state index contributed by atoms with van der Waals surface area (Å²) in [6, 6.07) is 14.7. The Labute approximate surface area is 204 Å². The van der Waals surface area contributed by atoms with Crippen LogP contribution in [-0.2, 0) is 14.4 Å². The molecule has 0 aliphatic carbocycles. The van der Waals surface area contributed by atoms with E-state index < -0.39 is 17.4 Å². The molecule has 2 unspecified atom stereocenters. The number of hydrogen-bond donors (Lipinski definition) is 1. The van der Waals surface area contributed by atoms with Gasteiger partial charge in [-0.1, -0.05) is 0 Å². The zero-order chi connectivity index (χ0) is 24.7. The zero-order valence-corrected chi connectivity index (χ0v) is 19.9. The van der Waals surface area contributed by atoms with Gasteiger partial charge in [0.25, 0.3) is 11.8 Å². The number of fused-ring (bicyclic) bond motifs is 1. The van der Waals surface area contributed by atoms with Crippen molar-refractivity contribution in [2.75, 3.05) is 35.0 Å². The average Bonchev–Trinajstić information content (AvgIpc) is 3.19. The number of amides is 3. The topological polar surface area (TPSA) is 109 Å². The molecule has 3 aliphatic rings. The standard InChI is InChI=1S/C26H29N5O4/c1-26-21(23(24(27)33)28-31(26)19-10-12-20(35-2)13-11-19)14-16-30(25(26)34)18-8-6-17(7-9-18)29-15-4-3-5-22(29)32/h6-13,21H,3-5,14-16H2,1-2H3,(H2,27,33). The first-order valence-electron chi connectivity index (χ1n) is 11.9. The lowest BCUT2D eigenvalue weighted by Crippen LogP contribution is -2.63. The third-order valence-corrected chi connectivity index (χ3v) is 7.34. The summed E-state index contributed by atoms with van der Waals surface area (Å²) in [5.41, 5.74) is 7.02. The van der Waals surface area contributed by atoms with Crippen LogP contribution in [0.25, 0.3) is 0 Å². The fraction of sp³-hybridized carbons (Fsp3) is 0.385. The van der Waals surface area contributed by atoms with Gasteiger partial charge in [0.15, 0.2) is 0 Å². The summed E-state index contributed by atoms with van der Waals surface area (Å²) in [7, 11) is 1.58. The van der Waals surface area contributed by atoms with Gasteiger partial charge in [0.2, 0.25) is 5.91 Å². The monoisotopic (exact) mass is 475 g/mol. The molecular weight excluding hydrogens is 446 g/mol. The van der Waals surface area contributed by atoms with Crippen molar-refractivity contribution in [2.45, 2.75) is 38.1 Å². The van der Waals surface area contributed by atoms with Crippen LogP contribution in [0.4, 0.5) is 17.1 Å². The van der Waals surface area contributed by atoms with Crippen molar-refractivity contribution in [2.24, 2.45) is 16.8 Å². The number of carbonyl (C=O) groups excluding carboxylic acids is 3. The van der Waals surface area contributed by atoms with Gasteiger partial charge in [-0.15, -0.1) is 0 Å². The first-order chi connectivity index (χ1) is 16.8. The Kier molecular flexibility index (Phi) is 5.70. The van der Waals surface area contributed by atoms with E-state index in [-0.39, 0.29) is 17.5 Å². The van der Waals surface area contributed by atoms with E-state index in [1.54, 1.807) is 34.1 Å². The minimum Gasteiger partial charge on any atom is -0.497 e. The van der Waals surface area contributed by atoms with E-state index >= 15 is 0 Å². The molecule has 0 bridgehead atoms. The molecule has 2 fully saturated rings. The Morgan fingerprint density at radius 3 is 2.20 bits per heavy atom. The predicted octanol–water partition coefficient (Wildman–Crippen LogP) is 2.69. The fourth-order valence-corrected chi connectivity index (χ4v) is 5.39. The molecule has 0 radical (unpaired) electrons. The maximum Gasteiger partial charge on any atom is 0.265 e. The number of ether oxygens (including phenoxy) is 1.